The number of carbonyl (C=O) groups excluding carboxylic acids is 1. The fourth-order valence-corrected chi connectivity index (χ4v) is 5.32. The molecule has 0 atom stereocenters. The van der Waals surface area contributed by atoms with Gasteiger partial charge in [-0.05, 0) is 55.3 Å². The standard InChI is InChI=1S/C26H26BrClN6O4/c1-32-21(14-19(30-32)16-4-7-22(37-2)23(12-16)38-3)25(35)33-10-8-26(36,9-11-33)24-15-34(31-29-24)20-6-5-17(27)13-18(20)28/h4-7,12-15,36H,8-11H2,1-3H3. The van der Waals surface area contributed by atoms with Gasteiger partial charge in [0.05, 0.1) is 36.8 Å². The van der Waals surface area contributed by atoms with Crippen LogP contribution < -0.4 is 9.47 Å². The van der Waals surface area contributed by atoms with Crippen LogP contribution in [0.3, 0.4) is 0 Å². The van der Waals surface area contributed by atoms with Crippen LogP contribution in [0.5, 0.6) is 11.5 Å². The Hall–Kier alpha value is -3.41. The summed E-state index contributed by atoms with van der Waals surface area (Å²) in [6.45, 7) is 0.718. The summed E-state index contributed by atoms with van der Waals surface area (Å²) >= 11 is 9.73. The summed E-state index contributed by atoms with van der Waals surface area (Å²) in [4.78, 5) is 15.1. The average Bonchev–Trinajstić information content (AvgIpc) is 3.56. The molecule has 3 heterocycles. The maximum absolute atomic E-state index is 13.4. The Morgan fingerprint density at radius 3 is 2.50 bits per heavy atom. The van der Waals surface area contributed by atoms with Gasteiger partial charge in [0.15, 0.2) is 11.5 Å². The minimum Gasteiger partial charge on any atom is -0.493 e. The number of methoxy groups -OCH3 is 2. The highest BCUT2D eigenvalue weighted by atomic mass is 79.9. The van der Waals surface area contributed by atoms with Crippen LogP contribution in [0.25, 0.3) is 16.9 Å². The fraction of sp³-hybridized carbons (Fsp3) is 0.308. The van der Waals surface area contributed by atoms with Gasteiger partial charge in [-0.3, -0.25) is 9.48 Å². The van der Waals surface area contributed by atoms with Crippen molar-refractivity contribution < 1.29 is 19.4 Å². The number of carbonyl (C=O) groups is 1. The van der Waals surface area contributed by atoms with Gasteiger partial charge in [0, 0.05) is 30.2 Å². The smallest absolute Gasteiger partial charge is 0.272 e. The van der Waals surface area contributed by atoms with Crippen LogP contribution in [0.4, 0.5) is 0 Å². The number of benzene rings is 2. The van der Waals surface area contributed by atoms with Gasteiger partial charge in [-0.1, -0.05) is 32.7 Å². The number of halogens is 2. The Morgan fingerprint density at radius 2 is 1.82 bits per heavy atom. The van der Waals surface area contributed by atoms with Crippen molar-refractivity contribution in [2.24, 2.45) is 7.05 Å². The Kier molecular flexibility index (Phi) is 7.17. The molecule has 12 heteroatoms. The summed E-state index contributed by atoms with van der Waals surface area (Å²) < 4.78 is 14.7. The van der Waals surface area contributed by atoms with E-state index in [9.17, 15) is 9.90 Å². The average molecular weight is 602 g/mol. The molecule has 5 rings (SSSR count). The third-order valence-corrected chi connectivity index (χ3v) is 7.58. The minimum absolute atomic E-state index is 0.154. The van der Waals surface area contributed by atoms with Crippen molar-refractivity contribution in [1.29, 1.82) is 0 Å². The van der Waals surface area contributed by atoms with E-state index in [0.717, 1.165) is 10.0 Å². The molecule has 0 unspecified atom stereocenters. The van der Waals surface area contributed by atoms with Crippen LogP contribution in [0.15, 0.2) is 53.1 Å². The molecule has 1 aliphatic heterocycles. The summed E-state index contributed by atoms with van der Waals surface area (Å²) in [5.41, 5.74) is 1.81. The van der Waals surface area contributed by atoms with Crippen LogP contribution in [0.2, 0.25) is 5.02 Å². The fourth-order valence-electron chi connectivity index (χ4n) is 4.56. The summed E-state index contributed by atoms with van der Waals surface area (Å²) in [6.07, 6.45) is 2.33. The minimum atomic E-state index is -1.20. The van der Waals surface area contributed by atoms with Crippen molar-refractivity contribution in [1.82, 2.24) is 29.7 Å². The molecule has 0 saturated carbocycles. The number of rotatable bonds is 6. The molecule has 1 N–H and O–H groups in total. The highest BCUT2D eigenvalue weighted by Crippen LogP contribution is 2.34. The molecule has 1 amide bonds. The van der Waals surface area contributed by atoms with Crippen molar-refractivity contribution in [3.8, 4) is 28.4 Å². The zero-order valence-electron chi connectivity index (χ0n) is 21.1. The first kappa shape index (κ1) is 26.2. The molecule has 0 radical (unpaired) electrons. The topological polar surface area (TPSA) is 108 Å². The van der Waals surface area contributed by atoms with Gasteiger partial charge in [0.25, 0.3) is 5.91 Å². The number of ether oxygens (including phenoxy) is 2. The number of aryl methyl sites for hydroxylation is 1. The molecule has 0 aliphatic carbocycles. The second-order valence-corrected chi connectivity index (χ2v) is 10.4. The van der Waals surface area contributed by atoms with Crippen LogP contribution in [0.1, 0.15) is 29.0 Å². The number of piperidine rings is 1. The van der Waals surface area contributed by atoms with Gasteiger partial charge in [0.2, 0.25) is 0 Å². The normalized spacial score (nSPS) is 14.9. The molecular weight excluding hydrogens is 576 g/mol. The zero-order chi connectivity index (χ0) is 27.0. The van der Waals surface area contributed by atoms with Gasteiger partial charge in [-0.15, -0.1) is 5.10 Å². The van der Waals surface area contributed by atoms with Crippen LogP contribution in [-0.2, 0) is 12.6 Å². The molecule has 4 aromatic rings. The third kappa shape index (κ3) is 4.89. The highest BCUT2D eigenvalue weighted by molar-refractivity contribution is 9.10. The van der Waals surface area contributed by atoms with E-state index in [0.29, 0.717) is 65.2 Å². The lowest BCUT2D eigenvalue weighted by Crippen LogP contribution is -2.45. The van der Waals surface area contributed by atoms with Crippen molar-refractivity contribution >= 4 is 33.4 Å². The van der Waals surface area contributed by atoms with Crippen LogP contribution in [-0.4, -0.2) is 68.0 Å². The molecule has 2 aromatic carbocycles. The van der Waals surface area contributed by atoms with Crippen molar-refractivity contribution in [2.45, 2.75) is 18.4 Å². The van der Waals surface area contributed by atoms with E-state index in [1.165, 1.54) is 0 Å². The lowest BCUT2D eigenvalue weighted by atomic mass is 9.88. The number of likely N-dealkylation sites (tertiary alicyclic amines) is 1. The third-order valence-electron chi connectivity index (χ3n) is 6.78. The highest BCUT2D eigenvalue weighted by Gasteiger charge is 2.38. The lowest BCUT2D eigenvalue weighted by molar-refractivity contribution is -0.0246. The Morgan fingerprint density at radius 1 is 1.08 bits per heavy atom. The van der Waals surface area contributed by atoms with Gasteiger partial charge in [0.1, 0.15) is 17.0 Å². The summed E-state index contributed by atoms with van der Waals surface area (Å²) in [7, 11) is 4.89. The molecule has 38 heavy (non-hydrogen) atoms. The SMILES string of the molecule is COc1ccc(-c2cc(C(=O)N3CCC(O)(c4cn(-c5ccc(Br)cc5Cl)nn4)CC3)n(C)n2)cc1OC. The number of hydrogen-bond donors (Lipinski definition) is 1. The number of hydrogen-bond acceptors (Lipinski definition) is 7. The molecule has 1 saturated heterocycles. The lowest BCUT2D eigenvalue weighted by Gasteiger charge is -2.36. The largest absolute Gasteiger partial charge is 0.493 e. The zero-order valence-corrected chi connectivity index (χ0v) is 23.4. The Balaban J connectivity index is 1.30. The quantitative estimate of drug-likeness (QED) is 0.353. The van der Waals surface area contributed by atoms with E-state index >= 15 is 0 Å². The Labute approximate surface area is 232 Å². The monoisotopic (exact) mass is 600 g/mol. The van der Waals surface area contributed by atoms with E-state index in [2.05, 4.69) is 31.3 Å². The van der Waals surface area contributed by atoms with Crippen molar-refractivity contribution in [3.05, 3.63) is 69.5 Å². The summed E-state index contributed by atoms with van der Waals surface area (Å²) in [5, 5.41) is 24.8. The number of amides is 1. The number of aromatic nitrogens is 5. The van der Waals surface area contributed by atoms with Crippen molar-refractivity contribution in [3.63, 3.8) is 0 Å². The van der Waals surface area contributed by atoms with E-state index in [1.807, 2.05) is 24.3 Å². The van der Waals surface area contributed by atoms with E-state index < -0.39 is 5.60 Å². The predicted molar refractivity (Wildman–Crippen MR) is 145 cm³/mol. The molecule has 198 valence electrons. The first-order chi connectivity index (χ1) is 18.2. The summed E-state index contributed by atoms with van der Waals surface area (Å²) in [5.74, 6) is 1.04. The second-order valence-electron chi connectivity index (χ2n) is 9.08. The molecule has 0 bridgehead atoms. The van der Waals surface area contributed by atoms with Gasteiger partial charge < -0.3 is 19.5 Å². The Bertz CT molecular complexity index is 1490. The molecule has 0 spiro atoms. The first-order valence-electron chi connectivity index (χ1n) is 11.9. The first-order valence-corrected chi connectivity index (χ1v) is 13.1. The molecule has 1 fully saturated rings. The summed E-state index contributed by atoms with van der Waals surface area (Å²) in [6, 6.07) is 12.7. The van der Waals surface area contributed by atoms with Crippen LogP contribution >= 0.6 is 27.5 Å². The molecular formula is C26H26BrClN6O4. The maximum Gasteiger partial charge on any atom is 0.272 e. The second kappa shape index (κ2) is 10.4. The van der Waals surface area contributed by atoms with Gasteiger partial charge >= 0.3 is 0 Å². The van der Waals surface area contributed by atoms with E-state index in [-0.39, 0.29) is 5.91 Å². The molecule has 2 aromatic heterocycles. The molecule has 10 nitrogen and oxygen atoms in total. The van der Waals surface area contributed by atoms with E-state index in [4.69, 9.17) is 21.1 Å². The number of aliphatic hydroxyl groups is 1. The predicted octanol–water partition coefficient (Wildman–Crippen LogP) is 4.22. The van der Waals surface area contributed by atoms with Gasteiger partial charge in [-0.2, -0.15) is 5.10 Å². The van der Waals surface area contributed by atoms with E-state index in [1.54, 1.807) is 59.9 Å². The molecule has 1 aliphatic rings. The van der Waals surface area contributed by atoms with Gasteiger partial charge in [-0.25, -0.2) is 4.68 Å². The number of nitrogens with zero attached hydrogens (tertiary/aromatic N) is 6. The van der Waals surface area contributed by atoms with Crippen LogP contribution in [0, 0.1) is 0 Å². The maximum atomic E-state index is 13.4. The van der Waals surface area contributed by atoms with Crippen molar-refractivity contribution in [2.75, 3.05) is 27.3 Å².